The molecule has 7 heteroatoms. The molecular formula is C20H22N4O2S. The zero-order valence-electron chi connectivity index (χ0n) is 15.4. The third kappa shape index (κ3) is 4.75. The highest BCUT2D eigenvalue weighted by Crippen LogP contribution is 2.23. The Bertz CT molecular complexity index is 896. The average Bonchev–Trinajstić information content (AvgIpc) is 3.10. The molecule has 0 fully saturated rings. The van der Waals surface area contributed by atoms with Crippen molar-refractivity contribution >= 4 is 23.4 Å². The Kier molecular flexibility index (Phi) is 6.62. The number of hydrogen-bond donors (Lipinski definition) is 1. The van der Waals surface area contributed by atoms with E-state index in [4.69, 9.17) is 4.74 Å². The number of anilines is 1. The summed E-state index contributed by atoms with van der Waals surface area (Å²) in [5.41, 5.74) is 2.91. The number of nitrogens with one attached hydrogen (secondary N) is 1. The number of para-hydroxylation sites is 2. The van der Waals surface area contributed by atoms with Gasteiger partial charge in [0.05, 0.1) is 5.75 Å². The summed E-state index contributed by atoms with van der Waals surface area (Å²) in [6.07, 6.45) is 0.867. The van der Waals surface area contributed by atoms with Crippen LogP contribution >= 0.6 is 11.8 Å². The van der Waals surface area contributed by atoms with Gasteiger partial charge in [0.15, 0.2) is 11.0 Å². The molecule has 0 saturated heterocycles. The normalized spacial score (nSPS) is 10.7. The summed E-state index contributed by atoms with van der Waals surface area (Å²) >= 11 is 1.35. The Morgan fingerprint density at radius 3 is 2.59 bits per heavy atom. The minimum atomic E-state index is -0.0724. The Labute approximate surface area is 163 Å². The quantitative estimate of drug-likeness (QED) is 0.602. The summed E-state index contributed by atoms with van der Waals surface area (Å²) in [5, 5.41) is 12.1. The summed E-state index contributed by atoms with van der Waals surface area (Å²) in [6, 6.07) is 17.7. The van der Waals surface area contributed by atoms with Crippen LogP contribution in [0.1, 0.15) is 18.3 Å². The molecule has 27 heavy (non-hydrogen) atoms. The second kappa shape index (κ2) is 9.34. The van der Waals surface area contributed by atoms with Crippen LogP contribution in [-0.4, -0.2) is 33.5 Å². The van der Waals surface area contributed by atoms with Crippen molar-refractivity contribution < 1.29 is 9.53 Å². The molecule has 0 saturated carbocycles. The topological polar surface area (TPSA) is 69.0 Å². The van der Waals surface area contributed by atoms with Crippen LogP contribution in [-0.2, 0) is 22.6 Å². The van der Waals surface area contributed by atoms with Crippen LogP contribution in [0.4, 0.5) is 5.69 Å². The number of hydrogen-bond acceptors (Lipinski definition) is 5. The molecule has 0 unspecified atom stereocenters. The molecule has 0 radical (unpaired) electrons. The van der Waals surface area contributed by atoms with Gasteiger partial charge in [-0.05, 0) is 30.2 Å². The highest BCUT2D eigenvalue weighted by Gasteiger charge is 2.16. The lowest BCUT2D eigenvalue weighted by Crippen LogP contribution is -2.15. The van der Waals surface area contributed by atoms with Crippen molar-refractivity contribution in [2.45, 2.75) is 25.1 Å². The summed E-state index contributed by atoms with van der Waals surface area (Å²) in [6.45, 7) is 2.41. The molecule has 1 amide bonds. The van der Waals surface area contributed by atoms with E-state index in [-0.39, 0.29) is 11.7 Å². The van der Waals surface area contributed by atoms with Gasteiger partial charge < -0.3 is 10.1 Å². The molecule has 6 nitrogen and oxygen atoms in total. The first-order chi connectivity index (χ1) is 13.2. The van der Waals surface area contributed by atoms with Crippen molar-refractivity contribution in [3.63, 3.8) is 0 Å². The molecule has 0 bridgehead atoms. The second-order valence-electron chi connectivity index (χ2n) is 5.85. The number of carbonyl (C=O) groups is 1. The number of aromatic nitrogens is 3. The van der Waals surface area contributed by atoms with Gasteiger partial charge in [0.25, 0.3) is 0 Å². The van der Waals surface area contributed by atoms with E-state index < -0.39 is 0 Å². The maximum absolute atomic E-state index is 12.4. The molecule has 3 rings (SSSR count). The number of benzene rings is 2. The predicted octanol–water partition coefficient (Wildman–Crippen LogP) is 3.71. The third-order valence-corrected chi connectivity index (χ3v) is 4.92. The van der Waals surface area contributed by atoms with Gasteiger partial charge in [0.1, 0.15) is 6.61 Å². The van der Waals surface area contributed by atoms with Gasteiger partial charge in [-0.1, -0.05) is 55.1 Å². The maximum atomic E-state index is 12.4. The molecule has 140 valence electrons. The number of nitrogens with zero attached hydrogens (tertiary/aromatic N) is 3. The van der Waals surface area contributed by atoms with Crippen molar-refractivity contribution in [2.75, 3.05) is 18.2 Å². The summed E-state index contributed by atoms with van der Waals surface area (Å²) in [5.74, 6) is 0.871. The van der Waals surface area contributed by atoms with Crippen LogP contribution in [0.5, 0.6) is 0 Å². The van der Waals surface area contributed by atoms with E-state index in [9.17, 15) is 4.79 Å². The highest BCUT2D eigenvalue weighted by molar-refractivity contribution is 7.99. The molecule has 1 heterocycles. The molecule has 1 aromatic heterocycles. The van der Waals surface area contributed by atoms with Crippen molar-refractivity contribution in [3.8, 4) is 5.69 Å². The van der Waals surface area contributed by atoms with Gasteiger partial charge in [0, 0.05) is 18.5 Å². The zero-order chi connectivity index (χ0) is 19.1. The van der Waals surface area contributed by atoms with Gasteiger partial charge in [-0.25, -0.2) is 0 Å². The fraction of sp³-hybridized carbons (Fsp3) is 0.250. The van der Waals surface area contributed by atoms with Gasteiger partial charge in [-0.15, -0.1) is 10.2 Å². The maximum Gasteiger partial charge on any atom is 0.234 e. The second-order valence-corrected chi connectivity index (χ2v) is 6.79. The minimum absolute atomic E-state index is 0.0724. The number of amides is 1. The number of rotatable bonds is 8. The van der Waals surface area contributed by atoms with Crippen LogP contribution < -0.4 is 5.32 Å². The van der Waals surface area contributed by atoms with Gasteiger partial charge in [-0.3, -0.25) is 9.36 Å². The average molecular weight is 382 g/mol. The molecule has 2 aromatic carbocycles. The van der Waals surface area contributed by atoms with E-state index in [1.54, 1.807) is 7.11 Å². The van der Waals surface area contributed by atoms with Crippen LogP contribution in [0, 0.1) is 0 Å². The van der Waals surface area contributed by atoms with E-state index in [2.05, 4.69) is 22.4 Å². The lowest BCUT2D eigenvalue weighted by molar-refractivity contribution is -0.113. The van der Waals surface area contributed by atoms with Crippen molar-refractivity contribution in [1.82, 2.24) is 14.8 Å². The first-order valence-electron chi connectivity index (χ1n) is 8.72. The number of ether oxygens (including phenoxy) is 1. The number of methoxy groups -OCH3 is 1. The van der Waals surface area contributed by atoms with Crippen molar-refractivity contribution in [1.29, 1.82) is 0 Å². The van der Waals surface area contributed by atoms with Crippen molar-refractivity contribution in [2.24, 2.45) is 0 Å². The zero-order valence-corrected chi connectivity index (χ0v) is 16.2. The van der Waals surface area contributed by atoms with Crippen LogP contribution in [0.15, 0.2) is 59.8 Å². The molecule has 0 spiro atoms. The Morgan fingerprint density at radius 1 is 1.11 bits per heavy atom. The standard InChI is InChI=1S/C20H22N4O2S/c1-3-15-9-7-8-12-17(15)21-19(25)14-27-20-23-22-18(13-26-2)24(20)16-10-5-4-6-11-16/h4-12H,3,13-14H2,1-2H3,(H,21,25). The smallest absolute Gasteiger partial charge is 0.234 e. The predicted molar refractivity (Wildman–Crippen MR) is 107 cm³/mol. The first-order valence-corrected chi connectivity index (χ1v) is 9.70. The molecule has 1 N–H and O–H groups in total. The Balaban J connectivity index is 1.73. The fourth-order valence-electron chi connectivity index (χ4n) is 2.72. The molecule has 0 atom stereocenters. The van der Waals surface area contributed by atoms with Crippen LogP contribution in [0.2, 0.25) is 0 Å². The lowest BCUT2D eigenvalue weighted by Gasteiger charge is -2.11. The van der Waals surface area contributed by atoms with Gasteiger partial charge in [-0.2, -0.15) is 0 Å². The van der Waals surface area contributed by atoms with Crippen molar-refractivity contribution in [3.05, 3.63) is 66.0 Å². The highest BCUT2D eigenvalue weighted by atomic mass is 32.2. The van der Waals surface area contributed by atoms with Gasteiger partial charge in [0.2, 0.25) is 5.91 Å². The third-order valence-electron chi connectivity index (χ3n) is 3.99. The largest absolute Gasteiger partial charge is 0.377 e. The van der Waals surface area contributed by atoms with Crippen LogP contribution in [0.25, 0.3) is 5.69 Å². The number of aryl methyl sites for hydroxylation is 1. The first kappa shape index (κ1) is 19.1. The van der Waals surface area contributed by atoms with E-state index >= 15 is 0 Å². The molecule has 0 aliphatic rings. The Morgan fingerprint density at radius 2 is 1.85 bits per heavy atom. The number of carbonyl (C=O) groups excluding carboxylic acids is 1. The van der Waals surface area contributed by atoms with E-state index in [0.717, 1.165) is 23.4 Å². The summed E-state index contributed by atoms with van der Waals surface area (Å²) in [7, 11) is 1.62. The fourth-order valence-corrected chi connectivity index (χ4v) is 3.49. The number of thioether (sulfide) groups is 1. The summed E-state index contributed by atoms with van der Waals surface area (Å²) < 4.78 is 7.14. The minimum Gasteiger partial charge on any atom is -0.377 e. The molecular weight excluding hydrogens is 360 g/mol. The van der Waals surface area contributed by atoms with Gasteiger partial charge >= 0.3 is 0 Å². The summed E-state index contributed by atoms with van der Waals surface area (Å²) in [4.78, 5) is 12.4. The Hall–Kier alpha value is -2.64. The molecule has 0 aliphatic heterocycles. The van der Waals surface area contributed by atoms with E-state index in [0.29, 0.717) is 17.6 Å². The SMILES string of the molecule is CCc1ccccc1NC(=O)CSc1nnc(COC)n1-c1ccccc1. The van der Waals surface area contributed by atoms with E-state index in [1.807, 2.05) is 59.2 Å². The lowest BCUT2D eigenvalue weighted by atomic mass is 10.1. The molecule has 3 aromatic rings. The monoisotopic (exact) mass is 382 g/mol. The molecule has 0 aliphatic carbocycles. The van der Waals surface area contributed by atoms with Crippen LogP contribution in [0.3, 0.4) is 0 Å². The van der Waals surface area contributed by atoms with E-state index in [1.165, 1.54) is 11.8 Å².